The topological polar surface area (TPSA) is 29.5 Å². The van der Waals surface area contributed by atoms with Crippen molar-refractivity contribution in [1.29, 1.82) is 0 Å². The molecule has 0 amide bonds. The summed E-state index contributed by atoms with van der Waals surface area (Å²) in [6, 6.07) is 0.297. The van der Waals surface area contributed by atoms with Crippen LogP contribution >= 0.6 is 0 Å². The van der Waals surface area contributed by atoms with E-state index in [1.54, 1.807) is 0 Å². The van der Waals surface area contributed by atoms with Gasteiger partial charge < -0.3 is 9.64 Å². The van der Waals surface area contributed by atoms with E-state index in [0.717, 1.165) is 12.8 Å². The molecule has 0 spiro atoms. The van der Waals surface area contributed by atoms with Crippen molar-refractivity contribution in [1.82, 2.24) is 4.90 Å². The number of ether oxygens (including phenoxy) is 1. The summed E-state index contributed by atoms with van der Waals surface area (Å²) in [6.45, 7) is 4.60. The van der Waals surface area contributed by atoms with E-state index in [0.29, 0.717) is 19.1 Å². The summed E-state index contributed by atoms with van der Waals surface area (Å²) in [4.78, 5) is 13.1. The van der Waals surface area contributed by atoms with Gasteiger partial charge in [-0.3, -0.25) is 4.79 Å². The first-order valence-corrected chi connectivity index (χ1v) is 4.90. The summed E-state index contributed by atoms with van der Waals surface area (Å²) < 4.78 is 5.09. The highest BCUT2D eigenvalue weighted by Crippen LogP contribution is 1.99. The molecule has 0 aliphatic rings. The zero-order valence-corrected chi connectivity index (χ0v) is 9.17. The molecule has 0 aliphatic carbocycles. The third-order valence-electron chi connectivity index (χ3n) is 2.10. The molecule has 3 heteroatoms. The number of nitrogens with zero attached hydrogens (tertiary/aromatic N) is 1. The van der Waals surface area contributed by atoms with Crippen LogP contribution in [0.15, 0.2) is 0 Å². The molecule has 0 radical (unpaired) electrons. The number of carbonyl (C=O) groups is 1. The molecule has 1 unspecified atom stereocenters. The smallest absolute Gasteiger partial charge is 0.305 e. The van der Waals surface area contributed by atoms with Crippen molar-refractivity contribution < 1.29 is 9.53 Å². The molecule has 0 saturated heterocycles. The molecule has 78 valence electrons. The highest BCUT2D eigenvalue weighted by molar-refractivity contribution is 5.69. The maximum Gasteiger partial charge on any atom is 0.305 e. The standard InChI is InChI=1S/C10H21NO2/c1-5-6-7-10(12)13-8-9(2)11(3)4/h9H,5-8H2,1-4H3. The van der Waals surface area contributed by atoms with Crippen LogP contribution in [0, 0.1) is 0 Å². The van der Waals surface area contributed by atoms with Crippen molar-refractivity contribution in [2.45, 2.75) is 39.2 Å². The van der Waals surface area contributed by atoms with Gasteiger partial charge in [-0.1, -0.05) is 13.3 Å². The molecule has 0 aromatic heterocycles. The second-order valence-corrected chi connectivity index (χ2v) is 3.60. The van der Waals surface area contributed by atoms with Gasteiger partial charge in [-0.2, -0.15) is 0 Å². The van der Waals surface area contributed by atoms with E-state index in [-0.39, 0.29) is 5.97 Å². The molecule has 0 N–H and O–H groups in total. The second kappa shape index (κ2) is 6.89. The van der Waals surface area contributed by atoms with Gasteiger partial charge in [0.25, 0.3) is 0 Å². The lowest BCUT2D eigenvalue weighted by molar-refractivity contribution is -0.145. The predicted octanol–water partition coefficient (Wildman–Crippen LogP) is 1.67. The lowest BCUT2D eigenvalue weighted by Gasteiger charge is -2.19. The molecule has 0 bridgehead atoms. The van der Waals surface area contributed by atoms with Gasteiger partial charge in [0.05, 0.1) is 0 Å². The third-order valence-corrected chi connectivity index (χ3v) is 2.10. The van der Waals surface area contributed by atoms with Crippen LogP contribution in [0.25, 0.3) is 0 Å². The van der Waals surface area contributed by atoms with Gasteiger partial charge in [-0.05, 0) is 27.4 Å². The van der Waals surface area contributed by atoms with Crippen molar-refractivity contribution in [3.05, 3.63) is 0 Å². The molecule has 0 saturated carbocycles. The number of likely N-dealkylation sites (N-methyl/N-ethyl adjacent to an activating group) is 1. The minimum atomic E-state index is -0.0736. The predicted molar refractivity (Wildman–Crippen MR) is 53.6 cm³/mol. The number of esters is 1. The van der Waals surface area contributed by atoms with Crippen LogP contribution in [0.1, 0.15) is 33.1 Å². The van der Waals surface area contributed by atoms with Crippen molar-refractivity contribution in [2.24, 2.45) is 0 Å². The van der Waals surface area contributed by atoms with Crippen molar-refractivity contribution in [2.75, 3.05) is 20.7 Å². The molecule has 3 nitrogen and oxygen atoms in total. The molecule has 0 aromatic carbocycles. The van der Waals surface area contributed by atoms with Gasteiger partial charge in [0.2, 0.25) is 0 Å². The van der Waals surface area contributed by atoms with E-state index >= 15 is 0 Å². The Kier molecular flexibility index (Phi) is 6.59. The number of rotatable bonds is 6. The van der Waals surface area contributed by atoms with Crippen molar-refractivity contribution in [3.8, 4) is 0 Å². The van der Waals surface area contributed by atoms with E-state index < -0.39 is 0 Å². The van der Waals surface area contributed by atoms with Crippen LogP contribution in [0.4, 0.5) is 0 Å². The molecule has 0 heterocycles. The zero-order chi connectivity index (χ0) is 10.3. The molecule has 1 atom stereocenters. The molecule has 13 heavy (non-hydrogen) atoms. The Bertz CT molecular complexity index is 146. The largest absolute Gasteiger partial charge is 0.464 e. The van der Waals surface area contributed by atoms with Crippen LogP contribution in [0.3, 0.4) is 0 Å². The number of unbranched alkanes of at least 4 members (excludes halogenated alkanes) is 1. The number of carbonyl (C=O) groups excluding carboxylic acids is 1. The molecule has 0 rings (SSSR count). The Balaban J connectivity index is 3.46. The Morgan fingerprint density at radius 3 is 2.54 bits per heavy atom. The average molecular weight is 187 g/mol. The summed E-state index contributed by atoms with van der Waals surface area (Å²) in [5.41, 5.74) is 0. The zero-order valence-electron chi connectivity index (χ0n) is 9.17. The normalized spacial score (nSPS) is 13.0. The van der Waals surface area contributed by atoms with Crippen LogP contribution in [0.5, 0.6) is 0 Å². The average Bonchev–Trinajstić information content (AvgIpc) is 2.10. The Hall–Kier alpha value is -0.570. The first kappa shape index (κ1) is 12.4. The van der Waals surface area contributed by atoms with Crippen molar-refractivity contribution >= 4 is 5.97 Å². The van der Waals surface area contributed by atoms with Gasteiger partial charge in [-0.25, -0.2) is 0 Å². The Labute approximate surface area is 81.1 Å². The van der Waals surface area contributed by atoms with Crippen LogP contribution < -0.4 is 0 Å². The molecule has 0 aromatic rings. The Morgan fingerprint density at radius 2 is 2.08 bits per heavy atom. The number of hydrogen-bond acceptors (Lipinski definition) is 3. The first-order chi connectivity index (χ1) is 6.07. The van der Waals surface area contributed by atoms with E-state index in [1.807, 2.05) is 25.9 Å². The highest BCUT2D eigenvalue weighted by Gasteiger charge is 2.07. The lowest BCUT2D eigenvalue weighted by Crippen LogP contribution is -2.30. The fourth-order valence-corrected chi connectivity index (χ4v) is 0.756. The Morgan fingerprint density at radius 1 is 1.46 bits per heavy atom. The summed E-state index contributed by atoms with van der Waals surface area (Å²) in [6.07, 6.45) is 2.52. The fraction of sp³-hybridized carbons (Fsp3) is 0.900. The lowest BCUT2D eigenvalue weighted by atomic mass is 10.2. The van der Waals surface area contributed by atoms with Gasteiger partial charge in [0.15, 0.2) is 0 Å². The van der Waals surface area contributed by atoms with Gasteiger partial charge >= 0.3 is 5.97 Å². The maximum absolute atomic E-state index is 11.1. The van der Waals surface area contributed by atoms with E-state index in [4.69, 9.17) is 4.74 Å². The van der Waals surface area contributed by atoms with Crippen LogP contribution in [-0.4, -0.2) is 37.6 Å². The third kappa shape index (κ3) is 6.58. The molecule has 0 aliphatic heterocycles. The van der Waals surface area contributed by atoms with Gasteiger partial charge in [0.1, 0.15) is 6.61 Å². The van der Waals surface area contributed by atoms with Crippen molar-refractivity contribution in [3.63, 3.8) is 0 Å². The molecular formula is C10H21NO2. The summed E-state index contributed by atoms with van der Waals surface area (Å²) in [5.74, 6) is -0.0736. The maximum atomic E-state index is 11.1. The SMILES string of the molecule is CCCCC(=O)OCC(C)N(C)C. The van der Waals surface area contributed by atoms with E-state index in [1.165, 1.54) is 0 Å². The fourth-order valence-electron chi connectivity index (χ4n) is 0.756. The molecular weight excluding hydrogens is 166 g/mol. The summed E-state index contributed by atoms with van der Waals surface area (Å²) in [5, 5.41) is 0. The summed E-state index contributed by atoms with van der Waals surface area (Å²) >= 11 is 0. The quantitative estimate of drug-likeness (QED) is 0.592. The minimum Gasteiger partial charge on any atom is -0.464 e. The van der Waals surface area contributed by atoms with Gasteiger partial charge in [-0.15, -0.1) is 0 Å². The van der Waals surface area contributed by atoms with E-state index in [9.17, 15) is 4.79 Å². The van der Waals surface area contributed by atoms with E-state index in [2.05, 4.69) is 6.92 Å². The highest BCUT2D eigenvalue weighted by atomic mass is 16.5. The summed E-state index contributed by atoms with van der Waals surface area (Å²) in [7, 11) is 3.95. The van der Waals surface area contributed by atoms with Crippen LogP contribution in [-0.2, 0) is 9.53 Å². The number of hydrogen-bond donors (Lipinski definition) is 0. The second-order valence-electron chi connectivity index (χ2n) is 3.60. The monoisotopic (exact) mass is 187 g/mol. The van der Waals surface area contributed by atoms with Crippen LogP contribution in [0.2, 0.25) is 0 Å². The van der Waals surface area contributed by atoms with Gasteiger partial charge in [0, 0.05) is 12.5 Å². The minimum absolute atomic E-state index is 0.0736. The molecule has 0 fully saturated rings. The first-order valence-electron chi connectivity index (χ1n) is 4.90.